The minimum Gasteiger partial charge on any atom is -0.310 e. The van der Waals surface area contributed by atoms with Crippen LogP contribution in [-0.4, -0.2) is 27.1 Å². The second kappa shape index (κ2) is 6.39. The number of carbonyl (C=O) groups excluding carboxylic acids is 2. The van der Waals surface area contributed by atoms with Gasteiger partial charge in [0.15, 0.2) is 0 Å². The molecule has 1 N–H and O–H groups in total. The molecule has 4 nitrogen and oxygen atoms in total. The van der Waals surface area contributed by atoms with Gasteiger partial charge < -0.3 is 5.32 Å². The molecule has 0 bridgehead atoms. The third kappa shape index (κ3) is 3.70. The molecule has 2 unspecified atom stereocenters. The van der Waals surface area contributed by atoms with Crippen LogP contribution in [0.4, 0.5) is 5.82 Å². The molecule has 2 heterocycles. The van der Waals surface area contributed by atoms with E-state index in [0.717, 1.165) is 12.2 Å². The Bertz CT molecular complexity index is 495. The number of nitrogens with zero attached hydrogens (tertiary/aromatic N) is 1. The Labute approximate surface area is 121 Å². The second-order valence-corrected chi connectivity index (χ2v) is 6.38. The summed E-state index contributed by atoms with van der Waals surface area (Å²) in [7, 11) is 0. The standard InChI is InChI=1S/C13H15ClN2O2S/c1-8-9(4-6-19-8)7-11(17)16-13-10(12(14)18)3-2-5-15-13/h2-3,5,8-9H,4,6-7H2,1H3,(H,15,16,17). The number of hydrogen-bond acceptors (Lipinski definition) is 4. The molecular formula is C13H15ClN2O2S. The fourth-order valence-electron chi connectivity index (χ4n) is 2.13. The lowest BCUT2D eigenvalue weighted by atomic mass is 9.99. The maximum Gasteiger partial charge on any atom is 0.256 e. The van der Waals surface area contributed by atoms with Gasteiger partial charge in [-0.2, -0.15) is 11.8 Å². The smallest absolute Gasteiger partial charge is 0.256 e. The lowest BCUT2D eigenvalue weighted by molar-refractivity contribution is -0.117. The first-order valence-electron chi connectivity index (χ1n) is 6.14. The molecule has 0 radical (unpaired) electrons. The summed E-state index contributed by atoms with van der Waals surface area (Å²) in [6.07, 6.45) is 3.04. The van der Waals surface area contributed by atoms with Crippen LogP contribution in [-0.2, 0) is 4.79 Å². The average Bonchev–Trinajstić information content (AvgIpc) is 2.75. The van der Waals surface area contributed by atoms with Crippen molar-refractivity contribution in [2.75, 3.05) is 11.1 Å². The molecule has 1 aromatic rings. The summed E-state index contributed by atoms with van der Waals surface area (Å²) in [6.45, 7) is 2.14. The number of pyridine rings is 1. The summed E-state index contributed by atoms with van der Waals surface area (Å²) in [5.41, 5.74) is 0.228. The van der Waals surface area contributed by atoms with Crippen LogP contribution in [0, 0.1) is 5.92 Å². The number of halogens is 1. The molecule has 102 valence electrons. The van der Waals surface area contributed by atoms with Crippen molar-refractivity contribution in [3.05, 3.63) is 23.9 Å². The Morgan fingerprint density at radius 2 is 2.37 bits per heavy atom. The molecule has 2 rings (SSSR count). The van der Waals surface area contributed by atoms with Crippen molar-refractivity contribution in [1.29, 1.82) is 0 Å². The van der Waals surface area contributed by atoms with Crippen molar-refractivity contribution < 1.29 is 9.59 Å². The Morgan fingerprint density at radius 1 is 1.58 bits per heavy atom. The van der Waals surface area contributed by atoms with Crippen LogP contribution in [0.15, 0.2) is 18.3 Å². The van der Waals surface area contributed by atoms with E-state index in [9.17, 15) is 9.59 Å². The number of aromatic nitrogens is 1. The second-order valence-electron chi connectivity index (χ2n) is 4.55. The van der Waals surface area contributed by atoms with Gasteiger partial charge in [0.05, 0.1) is 5.56 Å². The molecule has 1 aliphatic heterocycles. The van der Waals surface area contributed by atoms with Crippen LogP contribution in [0.5, 0.6) is 0 Å². The van der Waals surface area contributed by atoms with Gasteiger partial charge in [-0.3, -0.25) is 9.59 Å². The van der Waals surface area contributed by atoms with Gasteiger partial charge in [-0.25, -0.2) is 4.98 Å². The first-order valence-corrected chi connectivity index (χ1v) is 7.57. The average molecular weight is 299 g/mol. The summed E-state index contributed by atoms with van der Waals surface area (Å²) < 4.78 is 0. The molecule has 0 spiro atoms. The van der Waals surface area contributed by atoms with Gasteiger partial charge >= 0.3 is 0 Å². The van der Waals surface area contributed by atoms with E-state index in [1.54, 1.807) is 12.1 Å². The highest BCUT2D eigenvalue weighted by molar-refractivity contribution is 8.00. The Kier molecular flexibility index (Phi) is 4.82. The lowest BCUT2D eigenvalue weighted by Gasteiger charge is -2.14. The van der Waals surface area contributed by atoms with Gasteiger partial charge in [-0.15, -0.1) is 0 Å². The number of carbonyl (C=O) groups is 2. The minimum atomic E-state index is -0.617. The first kappa shape index (κ1) is 14.3. The van der Waals surface area contributed by atoms with E-state index in [1.807, 2.05) is 11.8 Å². The van der Waals surface area contributed by atoms with Gasteiger partial charge in [-0.1, -0.05) is 6.92 Å². The van der Waals surface area contributed by atoms with Crippen molar-refractivity contribution in [3.8, 4) is 0 Å². The van der Waals surface area contributed by atoms with E-state index in [-0.39, 0.29) is 17.3 Å². The highest BCUT2D eigenvalue weighted by Crippen LogP contribution is 2.34. The molecule has 1 fully saturated rings. The van der Waals surface area contributed by atoms with E-state index in [4.69, 9.17) is 11.6 Å². The van der Waals surface area contributed by atoms with Gasteiger partial charge in [0.25, 0.3) is 5.24 Å². The number of hydrogen-bond donors (Lipinski definition) is 1. The fourth-order valence-corrected chi connectivity index (χ4v) is 3.60. The SMILES string of the molecule is CC1SCCC1CC(=O)Nc1ncccc1C(=O)Cl. The monoisotopic (exact) mass is 298 g/mol. The van der Waals surface area contributed by atoms with E-state index >= 15 is 0 Å². The Hall–Kier alpha value is -1.07. The van der Waals surface area contributed by atoms with Crippen LogP contribution in [0.3, 0.4) is 0 Å². The zero-order chi connectivity index (χ0) is 13.8. The maximum atomic E-state index is 12.0. The summed E-state index contributed by atoms with van der Waals surface area (Å²) in [5.74, 6) is 1.63. The Morgan fingerprint density at radius 3 is 3.00 bits per heavy atom. The van der Waals surface area contributed by atoms with E-state index in [1.165, 1.54) is 6.20 Å². The molecule has 0 saturated carbocycles. The topological polar surface area (TPSA) is 59.1 Å². The molecule has 1 saturated heterocycles. The summed E-state index contributed by atoms with van der Waals surface area (Å²) in [6, 6.07) is 3.16. The third-order valence-electron chi connectivity index (χ3n) is 3.26. The molecule has 0 aromatic carbocycles. The van der Waals surface area contributed by atoms with Crippen LogP contribution in [0.1, 0.15) is 30.1 Å². The molecule has 1 aliphatic rings. The first-order chi connectivity index (χ1) is 9.08. The molecule has 19 heavy (non-hydrogen) atoms. The Balaban J connectivity index is 2.01. The van der Waals surface area contributed by atoms with Crippen LogP contribution in [0.2, 0.25) is 0 Å². The van der Waals surface area contributed by atoms with Crippen LogP contribution >= 0.6 is 23.4 Å². The van der Waals surface area contributed by atoms with Crippen molar-refractivity contribution >= 4 is 40.3 Å². The fraction of sp³-hybridized carbons (Fsp3) is 0.462. The number of rotatable bonds is 4. The molecule has 1 aromatic heterocycles. The third-order valence-corrected chi connectivity index (χ3v) is 4.84. The van der Waals surface area contributed by atoms with E-state index in [0.29, 0.717) is 17.6 Å². The van der Waals surface area contributed by atoms with Gasteiger partial charge in [-0.05, 0) is 41.8 Å². The van der Waals surface area contributed by atoms with Crippen LogP contribution < -0.4 is 5.32 Å². The van der Waals surface area contributed by atoms with E-state index in [2.05, 4.69) is 17.2 Å². The maximum absolute atomic E-state index is 12.0. The van der Waals surface area contributed by atoms with Crippen molar-refractivity contribution in [2.24, 2.45) is 5.92 Å². The minimum absolute atomic E-state index is 0.114. The molecule has 6 heteroatoms. The number of amides is 1. The quantitative estimate of drug-likeness (QED) is 0.868. The molecule has 0 aliphatic carbocycles. The molecule has 2 atom stereocenters. The van der Waals surface area contributed by atoms with Gasteiger partial charge in [0, 0.05) is 17.9 Å². The highest BCUT2D eigenvalue weighted by Gasteiger charge is 2.26. The summed E-state index contributed by atoms with van der Waals surface area (Å²) in [4.78, 5) is 27.2. The summed E-state index contributed by atoms with van der Waals surface area (Å²) >= 11 is 7.34. The normalized spacial score (nSPS) is 22.2. The predicted molar refractivity (Wildman–Crippen MR) is 77.7 cm³/mol. The lowest BCUT2D eigenvalue weighted by Crippen LogP contribution is -2.21. The van der Waals surface area contributed by atoms with Crippen molar-refractivity contribution in [2.45, 2.75) is 25.0 Å². The highest BCUT2D eigenvalue weighted by atomic mass is 35.5. The predicted octanol–water partition coefficient (Wildman–Crippen LogP) is 2.93. The zero-order valence-electron chi connectivity index (χ0n) is 10.6. The van der Waals surface area contributed by atoms with Gasteiger partial charge in [0.1, 0.15) is 5.82 Å². The zero-order valence-corrected chi connectivity index (χ0v) is 12.1. The van der Waals surface area contributed by atoms with Gasteiger partial charge in [0.2, 0.25) is 5.91 Å². The largest absolute Gasteiger partial charge is 0.310 e. The van der Waals surface area contributed by atoms with Crippen LogP contribution in [0.25, 0.3) is 0 Å². The van der Waals surface area contributed by atoms with E-state index < -0.39 is 5.24 Å². The number of nitrogens with one attached hydrogen (secondary N) is 1. The molecule has 1 amide bonds. The number of anilines is 1. The number of thioether (sulfide) groups is 1. The summed E-state index contributed by atoms with van der Waals surface area (Å²) in [5, 5.41) is 2.56. The molecular weight excluding hydrogens is 284 g/mol. The van der Waals surface area contributed by atoms with Crippen molar-refractivity contribution in [1.82, 2.24) is 4.98 Å². The van der Waals surface area contributed by atoms with Crippen molar-refractivity contribution in [3.63, 3.8) is 0 Å².